The highest BCUT2D eigenvalue weighted by Gasteiger charge is 2.39. The maximum absolute atomic E-state index is 13.3. The Balaban J connectivity index is 1.68. The molecule has 4 rings (SSSR count). The summed E-state index contributed by atoms with van der Waals surface area (Å²) in [6.45, 7) is 1.77. The van der Waals surface area contributed by atoms with Crippen LogP contribution in [-0.4, -0.2) is 26.0 Å². The molecule has 2 atom stereocenters. The number of amides is 1. The van der Waals surface area contributed by atoms with Gasteiger partial charge in [0.1, 0.15) is 11.1 Å². The summed E-state index contributed by atoms with van der Waals surface area (Å²) in [6, 6.07) is 13.7. The first-order valence-electron chi connectivity index (χ1n) is 8.72. The molecule has 0 aliphatic carbocycles. The van der Waals surface area contributed by atoms with Crippen LogP contribution in [0, 0.1) is 6.92 Å². The number of rotatable bonds is 3. The number of aryl methyl sites for hydroxylation is 1. The normalized spacial score (nSPS) is 18.6. The fourth-order valence-corrected chi connectivity index (χ4v) is 4.24. The molecule has 29 heavy (non-hydrogen) atoms. The van der Waals surface area contributed by atoms with Crippen molar-refractivity contribution in [1.29, 1.82) is 0 Å². The number of hydrogen-bond donors (Lipinski definition) is 2. The number of nitrogens with one attached hydrogen (secondary N) is 2. The number of thioether (sulfide) groups is 1. The highest BCUT2D eigenvalue weighted by atomic mass is 32.2. The van der Waals surface area contributed by atoms with E-state index in [0.717, 1.165) is 23.4 Å². The van der Waals surface area contributed by atoms with E-state index in [1.54, 1.807) is 11.6 Å². The van der Waals surface area contributed by atoms with Gasteiger partial charge in [0.2, 0.25) is 11.1 Å². The quantitative estimate of drug-likeness (QED) is 0.672. The van der Waals surface area contributed by atoms with Crippen molar-refractivity contribution in [2.24, 2.45) is 0 Å². The number of anilines is 1. The number of para-hydroxylation sites is 1. The molecule has 1 aromatic heterocycles. The molecule has 6 nitrogen and oxygen atoms in total. The van der Waals surface area contributed by atoms with Gasteiger partial charge in [0, 0.05) is 0 Å². The number of benzene rings is 2. The number of nitrogens with zero attached hydrogens (tertiary/aromatic N) is 3. The summed E-state index contributed by atoms with van der Waals surface area (Å²) in [4.78, 5) is 13.1. The zero-order chi connectivity index (χ0) is 20.6. The van der Waals surface area contributed by atoms with Gasteiger partial charge in [-0.05, 0) is 24.6 Å². The topological polar surface area (TPSA) is 71.8 Å². The Labute approximate surface area is 168 Å². The third-order valence-corrected chi connectivity index (χ3v) is 5.72. The van der Waals surface area contributed by atoms with Crippen LogP contribution in [0.4, 0.5) is 18.9 Å². The molecule has 1 aliphatic heterocycles. The lowest BCUT2D eigenvalue weighted by molar-refractivity contribution is -0.137. The second-order valence-corrected chi connectivity index (χ2v) is 7.56. The lowest BCUT2D eigenvalue weighted by Gasteiger charge is -2.32. The van der Waals surface area contributed by atoms with Crippen molar-refractivity contribution in [1.82, 2.24) is 14.9 Å². The van der Waals surface area contributed by atoms with Crippen molar-refractivity contribution in [2.45, 2.75) is 29.5 Å². The molecule has 2 heterocycles. The molecular formula is C19H16F3N5OS. The molecule has 0 saturated heterocycles. The van der Waals surface area contributed by atoms with Crippen LogP contribution in [0.25, 0.3) is 0 Å². The van der Waals surface area contributed by atoms with Gasteiger partial charge in [-0.3, -0.25) is 4.79 Å². The molecule has 0 fully saturated rings. The molecule has 10 heteroatoms. The summed E-state index contributed by atoms with van der Waals surface area (Å²) in [6.07, 6.45) is -4.57. The molecule has 0 bridgehead atoms. The maximum atomic E-state index is 13.3. The number of aromatic nitrogens is 3. The van der Waals surface area contributed by atoms with Crippen LogP contribution in [0.15, 0.2) is 59.8 Å². The second-order valence-electron chi connectivity index (χ2n) is 6.45. The number of alkyl halides is 3. The minimum atomic E-state index is -4.57. The van der Waals surface area contributed by atoms with Gasteiger partial charge in [-0.2, -0.15) is 13.2 Å². The Bertz CT molecular complexity index is 1040. The predicted molar refractivity (Wildman–Crippen MR) is 103 cm³/mol. The third-order valence-electron chi connectivity index (χ3n) is 4.51. The summed E-state index contributed by atoms with van der Waals surface area (Å²) in [7, 11) is 0. The van der Waals surface area contributed by atoms with Gasteiger partial charge in [0.05, 0.1) is 17.3 Å². The number of carbonyl (C=O) groups excluding carboxylic acids is 1. The first-order valence-corrected chi connectivity index (χ1v) is 9.60. The van der Waals surface area contributed by atoms with Crippen LogP contribution >= 0.6 is 11.8 Å². The molecule has 0 radical (unpaired) electrons. The Morgan fingerprint density at radius 1 is 1.10 bits per heavy atom. The minimum absolute atomic E-state index is 0.277. The predicted octanol–water partition coefficient (Wildman–Crippen LogP) is 4.00. The van der Waals surface area contributed by atoms with Crippen molar-refractivity contribution in [2.75, 3.05) is 10.7 Å². The number of fused-ring (bicyclic) bond motifs is 1. The number of halogens is 3. The smallest absolute Gasteiger partial charge is 0.324 e. The van der Waals surface area contributed by atoms with E-state index in [9.17, 15) is 18.0 Å². The Kier molecular flexibility index (Phi) is 4.95. The monoisotopic (exact) mass is 419 g/mol. The van der Waals surface area contributed by atoms with Crippen molar-refractivity contribution < 1.29 is 18.0 Å². The van der Waals surface area contributed by atoms with Crippen LogP contribution in [-0.2, 0) is 11.0 Å². The summed E-state index contributed by atoms with van der Waals surface area (Å²) < 4.78 is 41.6. The summed E-state index contributed by atoms with van der Waals surface area (Å²) in [5.74, 6) is 0.0645. The van der Waals surface area contributed by atoms with E-state index in [-0.39, 0.29) is 5.69 Å². The largest absolute Gasteiger partial charge is 0.418 e. The van der Waals surface area contributed by atoms with E-state index in [4.69, 9.17) is 0 Å². The molecule has 150 valence electrons. The van der Waals surface area contributed by atoms with Gasteiger partial charge in [-0.15, -0.1) is 10.2 Å². The fraction of sp³-hybridized carbons (Fsp3) is 0.211. The van der Waals surface area contributed by atoms with Crippen molar-refractivity contribution in [3.63, 3.8) is 0 Å². The van der Waals surface area contributed by atoms with E-state index in [0.29, 0.717) is 11.0 Å². The minimum Gasteiger partial charge on any atom is -0.324 e. The maximum Gasteiger partial charge on any atom is 0.418 e. The zero-order valence-corrected chi connectivity index (χ0v) is 16.0. The van der Waals surface area contributed by atoms with Crippen LogP contribution in [0.5, 0.6) is 0 Å². The van der Waals surface area contributed by atoms with E-state index in [1.165, 1.54) is 18.2 Å². The second kappa shape index (κ2) is 7.43. The average molecular weight is 419 g/mol. The van der Waals surface area contributed by atoms with Crippen LogP contribution in [0.3, 0.4) is 0 Å². The Hall–Kier alpha value is -3.01. The Morgan fingerprint density at radius 2 is 1.79 bits per heavy atom. The van der Waals surface area contributed by atoms with Crippen LogP contribution in [0.1, 0.15) is 23.0 Å². The Morgan fingerprint density at radius 3 is 2.52 bits per heavy atom. The molecule has 1 aliphatic rings. The van der Waals surface area contributed by atoms with Gasteiger partial charge >= 0.3 is 6.18 Å². The van der Waals surface area contributed by atoms with Gasteiger partial charge in [0.25, 0.3) is 0 Å². The number of carbonyl (C=O) groups is 1. The SMILES string of the molecule is Cc1nnc2n1N[C@H](c1ccccc1)[C@@H](C(=O)Nc1ccccc1C(F)(F)F)S2. The lowest BCUT2D eigenvalue weighted by atomic mass is 10.0. The molecule has 1 amide bonds. The molecular weight excluding hydrogens is 403 g/mol. The van der Waals surface area contributed by atoms with Crippen molar-refractivity contribution in [3.8, 4) is 0 Å². The molecule has 0 spiro atoms. The molecule has 2 N–H and O–H groups in total. The van der Waals surface area contributed by atoms with Crippen molar-refractivity contribution >= 4 is 23.4 Å². The highest BCUT2D eigenvalue weighted by molar-refractivity contribution is 8.00. The summed E-state index contributed by atoms with van der Waals surface area (Å²) in [5.41, 5.74) is 2.86. The number of hydrogen-bond acceptors (Lipinski definition) is 5. The van der Waals surface area contributed by atoms with E-state index >= 15 is 0 Å². The zero-order valence-electron chi connectivity index (χ0n) is 15.1. The standard InChI is InChI=1S/C19H16F3N5OS/c1-11-24-25-18-27(11)26-15(12-7-3-2-4-8-12)16(29-18)17(28)23-14-10-6-5-9-13(14)19(20,21)22/h2-10,15-16,26H,1H3,(H,23,28)/t15-,16+/m1/s1. The van der Waals surface area contributed by atoms with Crippen molar-refractivity contribution in [3.05, 3.63) is 71.5 Å². The fourth-order valence-electron chi connectivity index (χ4n) is 3.11. The van der Waals surface area contributed by atoms with Gasteiger partial charge in [-0.25, -0.2) is 4.68 Å². The summed E-state index contributed by atoms with van der Waals surface area (Å²) >= 11 is 1.16. The summed E-state index contributed by atoms with van der Waals surface area (Å²) in [5, 5.41) is 10.2. The molecule has 0 unspecified atom stereocenters. The van der Waals surface area contributed by atoms with Crippen LogP contribution in [0.2, 0.25) is 0 Å². The highest BCUT2D eigenvalue weighted by Crippen LogP contribution is 2.39. The first-order chi connectivity index (χ1) is 13.8. The van der Waals surface area contributed by atoms with E-state index in [2.05, 4.69) is 20.9 Å². The molecule has 3 aromatic rings. The first kappa shape index (κ1) is 19.3. The van der Waals surface area contributed by atoms with E-state index < -0.39 is 28.9 Å². The van der Waals surface area contributed by atoms with Gasteiger partial charge in [0.15, 0.2) is 0 Å². The third kappa shape index (κ3) is 3.80. The molecule has 0 saturated carbocycles. The van der Waals surface area contributed by atoms with Gasteiger partial charge < -0.3 is 10.7 Å². The molecule has 2 aromatic carbocycles. The van der Waals surface area contributed by atoms with E-state index in [1.807, 2.05) is 30.3 Å². The van der Waals surface area contributed by atoms with Gasteiger partial charge in [-0.1, -0.05) is 54.2 Å². The average Bonchev–Trinajstić information content (AvgIpc) is 3.07. The van der Waals surface area contributed by atoms with Crippen LogP contribution < -0.4 is 10.7 Å². The lowest BCUT2D eigenvalue weighted by Crippen LogP contribution is -2.41.